The first-order chi connectivity index (χ1) is 15.5. The fourth-order valence-electron chi connectivity index (χ4n) is 3.89. The number of nitrogens with one attached hydrogen (secondary N) is 1. The number of carbonyl (C=O) groups excluding carboxylic acids is 2. The molecule has 0 radical (unpaired) electrons. The van der Waals surface area contributed by atoms with Crippen molar-refractivity contribution in [2.75, 3.05) is 13.2 Å². The molecule has 0 saturated carbocycles. The molecular formula is C25H27N3O3S. The summed E-state index contributed by atoms with van der Waals surface area (Å²) in [5.41, 5.74) is 4.22. The minimum Gasteiger partial charge on any atom is -0.493 e. The maximum absolute atomic E-state index is 12.8. The minimum absolute atomic E-state index is 0.0568. The molecule has 0 fully saturated rings. The number of fused-ring (bicyclic) bond motifs is 1. The molecule has 0 bridgehead atoms. The molecule has 3 aromatic rings. The molecule has 166 valence electrons. The van der Waals surface area contributed by atoms with E-state index in [1.165, 1.54) is 16.9 Å². The number of ether oxygens (including phenoxy) is 1. The molecule has 4 rings (SSSR count). The fraction of sp³-hybridized carbons (Fsp3) is 0.320. The number of pyridine rings is 1. The molecule has 3 heterocycles. The van der Waals surface area contributed by atoms with Gasteiger partial charge in [-0.1, -0.05) is 18.2 Å². The Balaban J connectivity index is 1.35. The van der Waals surface area contributed by atoms with Crippen LogP contribution in [0.2, 0.25) is 0 Å². The highest BCUT2D eigenvalue weighted by atomic mass is 32.1. The molecule has 0 aliphatic carbocycles. The predicted molar refractivity (Wildman–Crippen MR) is 125 cm³/mol. The highest BCUT2D eigenvalue weighted by Gasteiger charge is 2.25. The quantitative estimate of drug-likeness (QED) is 0.591. The van der Waals surface area contributed by atoms with Crippen LogP contribution in [-0.2, 0) is 24.3 Å². The lowest BCUT2D eigenvalue weighted by Crippen LogP contribution is -2.36. The zero-order valence-corrected chi connectivity index (χ0v) is 19.2. The summed E-state index contributed by atoms with van der Waals surface area (Å²) >= 11 is 1.53. The summed E-state index contributed by atoms with van der Waals surface area (Å²) in [6.07, 6.45) is 2.92. The summed E-state index contributed by atoms with van der Waals surface area (Å²) in [4.78, 5) is 33.5. The fourth-order valence-corrected chi connectivity index (χ4v) is 4.72. The van der Waals surface area contributed by atoms with Crippen molar-refractivity contribution in [3.63, 3.8) is 0 Å². The lowest BCUT2D eigenvalue weighted by molar-refractivity contribution is -0.121. The van der Waals surface area contributed by atoms with Crippen molar-refractivity contribution in [2.24, 2.45) is 0 Å². The van der Waals surface area contributed by atoms with E-state index in [1.54, 1.807) is 0 Å². The van der Waals surface area contributed by atoms with Crippen molar-refractivity contribution in [2.45, 2.75) is 39.8 Å². The maximum Gasteiger partial charge on any atom is 0.264 e. The maximum atomic E-state index is 12.8. The molecule has 1 N–H and O–H groups in total. The summed E-state index contributed by atoms with van der Waals surface area (Å²) in [6, 6.07) is 13.3. The van der Waals surface area contributed by atoms with E-state index in [0.29, 0.717) is 32.7 Å². The van der Waals surface area contributed by atoms with Gasteiger partial charge >= 0.3 is 0 Å². The number of aryl methyl sites for hydroxylation is 2. The Morgan fingerprint density at radius 3 is 2.72 bits per heavy atom. The van der Waals surface area contributed by atoms with Gasteiger partial charge in [0.25, 0.3) is 5.91 Å². The van der Waals surface area contributed by atoms with Crippen LogP contribution in [0.5, 0.6) is 5.75 Å². The third kappa shape index (κ3) is 5.16. The number of para-hydroxylation sites is 1. The van der Waals surface area contributed by atoms with E-state index in [1.807, 2.05) is 67.4 Å². The Labute approximate surface area is 192 Å². The third-order valence-electron chi connectivity index (χ3n) is 5.64. The van der Waals surface area contributed by atoms with Crippen LogP contribution >= 0.6 is 11.3 Å². The summed E-state index contributed by atoms with van der Waals surface area (Å²) in [5.74, 6) is 0.774. The number of carbonyl (C=O) groups is 2. The Morgan fingerprint density at radius 2 is 1.97 bits per heavy atom. The van der Waals surface area contributed by atoms with Gasteiger partial charge in [-0.2, -0.15) is 0 Å². The topological polar surface area (TPSA) is 71.5 Å². The van der Waals surface area contributed by atoms with Crippen LogP contribution in [0, 0.1) is 13.8 Å². The van der Waals surface area contributed by atoms with Gasteiger partial charge in [0.15, 0.2) is 0 Å². The number of hydrogen-bond acceptors (Lipinski definition) is 5. The highest BCUT2D eigenvalue weighted by Crippen LogP contribution is 2.26. The lowest BCUT2D eigenvalue weighted by atomic mass is 9.94. The summed E-state index contributed by atoms with van der Waals surface area (Å²) in [6.45, 7) is 5.95. The second-order valence-electron chi connectivity index (χ2n) is 7.90. The van der Waals surface area contributed by atoms with Crippen molar-refractivity contribution in [1.29, 1.82) is 0 Å². The van der Waals surface area contributed by atoms with Crippen LogP contribution in [0.4, 0.5) is 0 Å². The molecule has 6 nitrogen and oxygen atoms in total. The summed E-state index contributed by atoms with van der Waals surface area (Å²) < 4.78 is 5.61. The van der Waals surface area contributed by atoms with Crippen molar-refractivity contribution in [1.82, 2.24) is 15.2 Å². The van der Waals surface area contributed by atoms with E-state index >= 15 is 0 Å². The summed E-state index contributed by atoms with van der Waals surface area (Å²) in [7, 11) is 0. The predicted octanol–water partition coefficient (Wildman–Crippen LogP) is 4.04. The van der Waals surface area contributed by atoms with E-state index in [2.05, 4.69) is 10.3 Å². The Morgan fingerprint density at radius 1 is 1.16 bits per heavy atom. The Kier molecular flexibility index (Phi) is 6.85. The van der Waals surface area contributed by atoms with Gasteiger partial charge in [0.2, 0.25) is 5.91 Å². The van der Waals surface area contributed by atoms with Crippen molar-refractivity contribution in [3.05, 3.63) is 80.8 Å². The molecule has 0 saturated heterocycles. The number of aromatic nitrogens is 1. The molecule has 1 aromatic carbocycles. The molecule has 32 heavy (non-hydrogen) atoms. The van der Waals surface area contributed by atoms with Crippen molar-refractivity contribution in [3.8, 4) is 5.75 Å². The van der Waals surface area contributed by atoms with E-state index in [0.717, 1.165) is 38.7 Å². The molecular weight excluding hydrogens is 422 g/mol. The van der Waals surface area contributed by atoms with E-state index in [-0.39, 0.29) is 11.8 Å². The molecule has 2 amide bonds. The van der Waals surface area contributed by atoms with Gasteiger partial charge in [-0.05, 0) is 61.2 Å². The second-order valence-corrected chi connectivity index (χ2v) is 9.19. The molecule has 0 unspecified atom stereocenters. The Hall–Kier alpha value is -3.19. The Bertz CT molecular complexity index is 1110. The number of benzene rings is 1. The molecule has 1 aliphatic rings. The highest BCUT2D eigenvalue weighted by molar-refractivity contribution is 7.13. The minimum atomic E-state index is -0.0568. The van der Waals surface area contributed by atoms with Crippen molar-refractivity contribution < 1.29 is 14.3 Å². The van der Waals surface area contributed by atoms with Crippen LogP contribution in [-0.4, -0.2) is 34.8 Å². The van der Waals surface area contributed by atoms with Gasteiger partial charge in [0.1, 0.15) is 5.75 Å². The number of nitrogens with zero attached hydrogens (tertiary/aromatic N) is 2. The molecule has 0 spiro atoms. The van der Waals surface area contributed by atoms with Gasteiger partial charge in [0.05, 0.1) is 17.9 Å². The summed E-state index contributed by atoms with van der Waals surface area (Å²) in [5, 5.41) is 3.00. The van der Waals surface area contributed by atoms with Crippen molar-refractivity contribution >= 4 is 23.2 Å². The molecule has 7 heteroatoms. The van der Waals surface area contributed by atoms with Gasteiger partial charge < -0.3 is 15.0 Å². The van der Waals surface area contributed by atoms with Crippen LogP contribution in [0.15, 0.2) is 48.7 Å². The van der Waals surface area contributed by atoms with Crippen LogP contribution in [0.1, 0.15) is 43.4 Å². The van der Waals surface area contributed by atoms with Gasteiger partial charge in [0, 0.05) is 36.4 Å². The molecule has 0 atom stereocenters. The van der Waals surface area contributed by atoms with Gasteiger partial charge in [-0.3, -0.25) is 14.6 Å². The zero-order chi connectivity index (χ0) is 22.5. The zero-order valence-electron chi connectivity index (χ0n) is 18.4. The van der Waals surface area contributed by atoms with Crippen LogP contribution in [0.25, 0.3) is 0 Å². The smallest absolute Gasteiger partial charge is 0.264 e. The first-order valence-corrected chi connectivity index (χ1v) is 11.6. The first kappa shape index (κ1) is 22.0. The number of amides is 2. The SMILES string of the molecule is Cc1ccc(C(=O)N2CCc3c(cnc(C)c3CNC(=O)CCOc3ccccc3)C2)s1. The average Bonchev–Trinajstić information content (AvgIpc) is 3.24. The lowest BCUT2D eigenvalue weighted by Gasteiger charge is -2.30. The largest absolute Gasteiger partial charge is 0.493 e. The first-order valence-electron chi connectivity index (χ1n) is 10.8. The normalized spacial score (nSPS) is 12.9. The number of thiophene rings is 1. The standard InChI is InChI=1S/C25H27N3O3S/c1-17-8-9-23(32-17)25(30)28-12-10-21-19(16-28)14-26-18(2)22(21)15-27-24(29)11-13-31-20-6-4-3-5-7-20/h3-9,14H,10-13,15-16H2,1-2H3,(H,27,29). The van der Waals surface area contributed by atoms with Gasteiger partial charge in [-0.15, -0.1) is 11.3 Å². The number of rotatable bonds is 7. The van der Waals surface area contributed by atoms with E-state index in [9.17, 15) is 9.59 Å². The van der Waals surface area contributed by atoms with E-state index < -0.39 is 0 Å². The second kappa shape index (κ2) is 9.96. The monoisotopic (exact) mass is 449 g/mol. The van der Waals surface area contributed by atoms with E-state index in [4.69, 9.17) is 4.74 Å². The third-order valence-corrected chi connectivity index (χ3v) is 6.63. The van der Waals surface area contributed by atoms with Crippen LogP contribution in [0.3, 0.4) is 0 Å². The molecule has 2 aromatic heterocycles. The van der Waals surface area contributed by atoms with Crippen LogP contribution < -0.4 is 10.1 Å². The van der Waals surface area contributed by atoms with Gasteiger partial charge in [-0.25, -0.2) is 0 Å². The molecule has 1 aliphatic heterocycles. The number of hydrogen-bond donors (Lipinski definition) is 1. The average molecular weight is 450 g/mol.